The number of piperidine rings is 1. The van der Waals surface area contributed by atoms with Gasteiger partial charge in [0.05, 0.1) is 10.5 Å². The van der Waals surface area contributed by atoms with Crippen molar-refractivity contribution in [1.29, 1.82) is 0 Å². The average Bonchev–Trinajstić information content (AvgIpc) is 2.46. The van der Waals surface area contributed by atoms with Crippen molar-refractivity contribution in [3.05, 3.63) is 33.9 Å². The molecule has 3 rings (SSSR count). The van der Waals surface area contributed by atoms with Crippen LogP contribution in [0.1, 0.15) is 37.7 Å². The fourth-order valence-electron chi connectivity index (χ4n) is 3.90. The lowest BCUT2D eigenvalue weighted by Gasteiger charge is -2.48. The number of nitrogens with zero attached hydrogens (tertiary/aromatic N) is 2. The van der Waals surface area contributed by atoms with Crippen molar-refractivity contribution in [3.8, 4) is 0 Å². The molecular formula is C16H22N2O3. The molecule has 0 spiro atoms. The molecule has 1 saturated carbocycles. The Bertz CT molecular complexity index is 560. The summed E-state index contributed by atoms with van der Waals surface area (Å²) in [6, 6.07) is 5.06. The number of rotatable bonds is 2. The summed E-state index contributed by atoms with van der Waals surface area (Å²) in [7, 11) is 0. The first-order valence-corrected chi connectivity index (χ1v) is 7.72. The molecule has 1 N–H and O–H groups in total. The number of nitro groups is 1. The van der Waals surface area contributed by atoms with E-state index in [0.29, 0.717) is 5.92 Å². The smallest absolute Gasteiger partial charge is 0.269 e. The molecule has 1 aromatic rings. The molecule has 2 fully saturated rings. The average molecular weight is 290 g/mol. The Kier molecular flexibility index (Phi) is 3.61. The van der Waals surface area contributed by atoms with Gasteiger partial charge in [-0.05, 0) is 37.8 Å². The van der Waals surface area contributed by atoms with Crippen LogP contribution < -0.4 is 4.90 Å². The minimum Gasteiger partial charge on any atom is -0.389 e. The minimum atomic E-state index is -0.483. The molecule has 5 nitrogen and oxygen atoms in total. The quantitative estimate of drug-likeness (QED) is 0.671. The van der Waals surface area contributed by atoms with Gasteiger partial charge in [-0.15, -0.1) is 0 Å². The van der Waals surface area contributed by atoms with Crippen LogP contribution in [0.4, 0.5) is 11.4 Å². The molecular weight excluding hydrogens is 268 g/mol. The van der Waals surface area contributed by atoms with Gasteiger partial charge in [-0.1, -0.05) is 12.8 Å². The van der Waals surface area contributed by atoms with Crippen molar-refractivity contribution in [1.82, 2.24) is 0 Å². The van der Waals surface area contributed by atoms with Crippen LogP contribution in [0.2, 0.25) is 0 Å². The van der Waals surface area contributed by atoms with E-state index in [2.05, 4.69) is 4.90 Å². The standard InChI is InChI=1S/C16H22N2O3/c1-12-10-14(18(20)21)5-6-15(12)17-9-8-16(19)7-3-2-4-13(16)11-17/h5-6,10,13,19H,2-4,7-9,11H2,1H3. The maximum Gasteiger partial charge on any atom is 0.269 e. The summed E-state index contributed by atoms with van der Waals surface area (Å²) < 4.78 is 0. The van der Waals surface area contributed by atoms with Crippen LogP contribution in [0.15, 0.2) is 18.2 Å². The second kappa shape index (κ2) is 5.30. The molecule has 2 aliphatic rings. The van der Waals surface area contributed by atoms with Crippen LogP contribution >= 0.6 is 0 Å². The van der Waals surface area contributed by atoms with E-state index in [9.17, 15) is 15.2 Å². The number of hydrogen-bond acceptors (Lipinski definition) is 4. The molecule has 1 aliphatic heterocycles. The van der Waals surface area contributed by atoms with E-state index in [0.717, 1.165) is 50.0 Å². The van der Waals surface area contributed by atoms with Gasteiger partial charge >= 0.3 is 0 Å². The van der Waals surface area contributed by atoms with Gasteiger partial charge in [0, 0.05) is 36.8 Å². The van der Waals surface area contributed by atoms with Crippen LogP contribution in [0.25, 0.3) is 0 Å². The lowest BCUT2D eigenvalue weighted by Crippen LogP contribution is -2.53. The first kappa shape index (κ1) is 14.3. The van der Waals surface area contributed by atoms with E-state index < -0.39 is 5.60 Å². The van der Waals surface area contributed by atoms with E-state index in [-0.39, 0.29) is 10.6 Å². The molecule has 21 heavy (non-hydrogen) atoms. The van der Waals surface area contributed by atoms with E-state index in [4.69, 9.17) is 0 Å². The molecule has 0 bridgehead atoms. The number of nitro benzene ring substituents is 1. The van der Waals surface area contributed by atoms with Gasteiger partial charge in [0.1, 0.15) is 0 Å². The zero-order valence-corrected chi connectivity index (χ0v) is 12.4. The predicted molar refractivity (Wildman–Crippen MR) is 81.6 cm³/mol. The molecule has 1 aromatic carbocycles. The molecule has 1 saturated heterocycles. The Labute approximate surface area is 124 Å². The number of aryl methyl sites for hydroxylation is 1. The Morgan fingerprint density at radius 2 is 2.19 bits per heavy atom. The molecule has 2 unspecified atom stereocenters. The zero-order chi connectivity index (χ0) is 15.0. The Balaban J connectivity index is 1.81. The monoisotopic (exact) mass is 290 g/mol. The maximum absolute atomic E-state index is 10.8. The van der Waals surface area contributed by atoms with Gasteiger partial charge < -0.3 is 10.0 Å². The highest BCUT2D eigenvalue weighted by Crippen LogP contribution is 2.41. The molecule has 114 valence electrons. The van der Waals surface area contributed by atoms with Crippen LogP contribution in [0.3, 0.4) is 0 Å². The van der Waals surface area contributed by atoms with Crippen LogP contribution in [0.5, 0.6) is 0 Å². The highest BCUT2D eigenvalue weighted by Gasteiger charge is 2.42. The molecule has 2 atom stereocenters. The number of benzene rings is 1. The van der Waals surface area contributed by atoms with Crippen molar-refractivity contribution in [2.75, 3.05) is 18.0 Å². The van der Waals surface area contributed by atoms with Crippen molar-refractivity contribution >= 4 is 11.4 Å². The van der Waals surface area contributed by atoms with Crippen molar-refractivity contribution in [3.63, 3.8) is 0 Å². The summed E-state index contributed by atoms with van der Waals surface area (Å²) >= 11 is 0. The number of anilines is 1. The van der Waals surface area contributed by atoms with E-state index >= 15 is 0 Å². The van der Waals surface area contributed by atoms with Crippen molar-refractivity contribution < 1.29 is 10.0 Å². The summed E-state index contributed by atoms with van der Waals surface area (Å²) in [5, 5.41) is 21.6. The third-order valence-electron chi connectivity index (χ3n) is 5.16. The van der Waals surface area contributed by atoms with Crippen LogP contribution in [-0.2, 0) is 0 Å². The van der Waals surface area contributed by atoms with Crippen LogP contribution in [0, 0.1) is 23.0 Å². The summed E-state index contributed by atoms with van der Waals surface area (Å²) in [5.74, 6) is 0.328. The Morgan fingerprint density at radius 1 is 1.38 bits per heavy atom. The zero-order valence-electron chi connectivity index (χ0n) is 12.4. The van der Waals surface area contributed by atoms with Gasteiger partial charge in [-0.3, -0.25) is 10.1 Å². The number of hydrogen-bond donors (Lipinski definition) is 1. The van der Waals surface area contributed by atoms with Crippen molar-refractivity contribution in [2.45, 2.75) is 44.6 Å². The largest absolute Gasteiger partial charge is 0.389 e. The van der Waals surface area contributed by atoms with Gasteiger partial charge in [-0.2, -0.15) is 0 Å². The number of non-ortho nitro benzene ring substituents is 1. The first-order chi connectivity index (χ1) is 9.99. The fourth-order valence-corrected chi connectivity index (χ4v) is 3.90. The second-order valence-corrected chi connectivity index (χ2v) is 6.47. The maximum atomic E-state index is 10.8. The first-order valence-electron chi connectivity index (χ1n) is 7.72. The van der Waals surface area contributed by atoms with Crippen LogP contribution in [-0.4, -0.2) is 28.7 Å². The van der Waals surface area contributed by atoms with Gasteiger partial charge in [0.2, 0.25) is 0 Å². The number of aliphatic hydroxyl groups is 1. The molecule has 0 radical (unpaired) electrons. The second-order valence-electron chi connectivity index (χ2n) is 6.47. The number of fused-ring (bicyclic) bond motifs is 1. The fraction of sp³-hybridized carbons (Fsp3) is 0.625. The molecule has 1 aliphatic carbocycles. The lowest BCUT2D eigenvalue weighted by molar-refractivity contribution is -0.384. The SMILES string of the molecule is Cc1cc([N+](=O)[O-])ccc1N1CCC2(O)CCCCC2C1. The van der Waals surface area contributed by atoms with E-state index in [1.807, 2.05) is 13.0 Å². The molecule has 0 aromatic heterocycles. The Morgan fingerprint density at radius 3 is 2.90 bits per heavy atom. The topological polar surface area (TPSA) is 66.6 Å². The highest BCUT2D eigenvalue weighted by atomic mass is 16.6. The third-order valence-corrected chi connectivity index (χ3v) is 5.16. The van der Waals surface area contributed by atoms with E-state index in [1.54, 1.807) is 12.1 Å². The molecule has 0 amide bonds. The Hall–Kier alpha value is -1.62. The summed E-state index contributed by atoms with van der Waals surface area (Å²) in [4.78, 5) is 12.8. The normalized spacial score (nSPS) is 29.0. The summed E-state index contributed by atoms with van der Waals surface area (Å²) in [6.07, 6.45) is 5.13. The molecule has 1 heterocycles. The molecule has 5 heteroatoms. The highest BCUT2D eigenvalue weighted by molar-refractivity contribution is 5.57. The van der Waals surface area contributed by atoms with E-state index in [1.165, 1.54) is 6.42 Å². The predicted octanol–water partition coefficient (Wildman–Crippen LogP) is 3.03. The lowest BCUT2D eigenvalue weighted by atomic mass is 9.71. The third kappa shape index (κ3) is 2.62. The van der Waals surface area contributed by atoms with Gasteiger partial charge in [0.25, 0.3) is 5.69 Å². The summed E-state index contributed by atoms with van der Waals surface area (Å²) in [5.41, 5.74) is 1.66. The van der Waals surface area contributed by atoms with Gasteiger partial charge in [-0.25, -0.2) is 0 Å². The minimum absolute atomic E-state index is 0.141. The summed E-state index contributed by atoms with van der Waals surface area (Å²) in [6.45, 7) is 3.60. The van der Waals surface area contributed by atoms with Crippen molar-refractivity contribution in [2.24, 2.45) is 5.92 Å². The van der Waals surface area contributed by atoms with Gasteiger partial charge in [0.15, 0.2) is 0 Å².